The molecule has 2 aromatic carbocycles. The molecule has 0 amide bonds. The Morgan fingerprint density at radius 3 is 2.75 bits per heavy atom. The van der Waals surface area contributed by atoms with Crippen LogP contribution in [0.5, 0.6) is 0 Å². The number of halogens is 1. The molecule has 1 unspecified atom stereocenters. The number of aromatic nitrogens is 1. The van der Waals surface area contributed by atoms with Gasteiger partial charge in [0.05, 0.1) is 10.2 Å². The highest BCUT2D eigenvalue weighted by Crippen LogP contribution is 2.37. The highest BCUT2D eigenvalue weighted by atomic mass is 32.2. The van der Waals surface area contributed by atoms with Gasteiger partial charge in [0.15, 0.2) is 4.34 Å². The molecule has 0 aliphatic rings. The Kier molecular flexibility index (Phi) is 3.74. The molecule has 1 atom stereocenters. The lowest BCUT2D eigenvalue weighted by molar-refractivity contribution is 0.585. The van der Waals surface area contributed by atoms with Crippen molar-refractivity contribution in [2.45, 2.75) is 22.2 Å². The maximum Gasteiger partial charge on any atom is 0.155 e. The average Bonchev–Trinajstić information content (AvgIpc) is 2.80. The summed E-state index contributed by atoms with van der Waals surface area (Å²) in [6.07, 6.45) is 0. The number of benzene rings is 2. The summed E-state index contributed by atoms with van der Waals surface area (Å²) in [6.45, 7) is 1.79. The molecule has 0 radical (unpaired) electrons. The zero-order valence-corrected chi connectivity index (χ0v) is 12.5. The molecule has 0 bridgehead atoms. The zero-order chi connectivity index (χ0) is 14.1. The first kappa shape index (κ1) is 13.5. The smallest absolute Gasteiger partial charge is 0.155 e. The second kappa shape index (κ2) is 5.52. The predicted octanol–water partition coefficient (Wildman–Crippen LogP) is 4.61. The van der Waals surface area contributed by atoms with Crippen molar-refractivity contribution in [3.8, 4) is 0 Å². The fraction of sp³-hybridized carbons (Fsp3) is 0.133. The zero-order valence-electron chi connectivity index (χ0n) is 10.8. The van der Waals surface area contributed by atoms with Crippen molar-refractivity contribution in [3.63, 3.8) is 0 Å². The maximum absolute atomic E-state index is 13.9. The fourth-order valence-electron chi connectivity index (χ4n) is 2.04. The van der Waals surface area contributed by atoms with Crippen LogP contribution in [0.1, 0.15) is 18.5 Å². The summed E-state index contributed by atoms with van der Waals surface area (Å²) in [5, 5.41) is 0. The molecule has 0 saturated heterocycles. The minimum absolute atomic E-state index is 0.258. The van der Waals surface area contributed by atoms with Gasteiger partial charge in [0.1, 0.15) is 5.82 Å². The van der Waals surface area contributed by atoms with Gasteiger partial charge in [-0.2, -0.15) is 0 Å². The highest BCUT2D eigenvalue weighted by Gasteiger charge is 2.15. The molecule has 0 aliphatic carbocycles. The van der Waals surface area contributed by atoms with E-state index in [0.717, 1.165) is 19.5 Å². The van der Waals surface area contributed by atoms with Crippen molar-refractivity contribution in [2.24, 2.45) is 5.73 Å². The topological polar surface area (TPSA) is 38.9 Å². The Balaban J connectivity index is 2.00. The monoisotopic (exact) mass is 304 g/mol. The molecule has 0 aliphatic heterocycles. The molecule has 2 N–H and O–H groups in total. The molecule has 0 fully saturated rings. The number of fused-ring (bicyclic) bond motifs is 1. The minimum Gasteiger partial charge on any atom is -0.324 e. The molecule has 102 valence electrons. The van der Waals surface area contributed by atoms with Crippen LogP contribution in [-0.2, 0) is 0 Å². The van der Waals surface area contributed by atoms with E-state index in [0.29, 0.717) is 5.56 Å². The summed E-state index contributed by atoms with van der Waals surface area (Å²) in [6, 6.07) is 12.7. The third-order valence-corrected chi connectivity index (χ3v) is 5.11. The second-order valence-corrected chi connectivity index (χ2v) is 6.81. The highest BCUT2D eigenvalue weighted by molar-refractivity contribution is 8.01. The number of rotatable bonds is 3. The number of para-hydroxylation sites is 1. The Labute approximate surface area is 124 Å². The standard InChI is InChI=1S/C15H13FN2S2/c1-9(17)14-10(16)5-4-8-13(14)20-15-18-11-6-2-3-7-12(11)19-15/h2-9H,17H2,1H3. The first-order chi connectivity index (χ1) is 9.65. The summed E-state index contributed by atoms with van der Waals surface area (Å²) in [4.78, 5) is 5.39. The molecule has 3 rings (SSSR count). The van der Waals surface area contributed by atoms with E-state index in [2.05, 4.69) is 4.98 Å². The van der Waals surface area contributed by atoms with Crippen molar-refractivity contribution in [1.82, 2.24) is 4.98 Å². The number of thiazole rings is 1. The largest absolute Gasteiger partial charge is 0.324 e. The lowest BCUT2D eigenvalue weighted by atomic mass is 10.1. The SMILES string of the molecule is CC(N)c1c(F)cccc1Sc1nc2ccccc2s1. The van der Waals surface area contributed by atoms with Crippen molar-refractivity contribution in [3.05, 3.63) is 53.8 Å². The van der Waals surface area contributed by atoms with E-state index in [1.807, 2.05) is 30.3 Å². The van der Waals surface area contributed by atoms with Crippen LogP contribution in [0.4, 0.5) is 4.39 Å². The number of nitrogens with two attached hydrogens (primary N) is 1. The Bertz CT molecular complexity index is 719. The van der Waals surface area contributed by atoms with Crippen LogP contribution in [0, 0.1) is 5.82 Å². The van der Waals surface area contributed by atoms with Crippen LogP contribution in [0.3, 0.4) is 0 Å². The van der Waals surface area contributed by atoms with Crippen molar-refractivity contribution < 1.29 is 4.39 Å². The molecular weight excluding hydrogens is 291 g/mol. The molecule has 3 aromatic rings. The fourth-order valence-corrected chi connectivity index (χ4v) is 4.31. The summed E-state index contributed by atoms with van der Waals surface area (Å²) >= 11 is 3.08. The lowest BCUT2D eigenvalue weighted by Crippen LogP contribution is -2.08. The van der Waals surface area contributed by atoms with Gasteiger partial charge >= 0.3 is 0 Å². The lowest BCUT2D eigenvalue weighted by Gasteiger charge is -2.11. The predicted molar refractivity (Wildman–Crippen MR) is 82.7 cm³/mol. The van der Waals surface area contributed by atoms with Gasteiger partial charge in [-0.1, -0.05) is 30.0 Å². The third kappa shape index (κ3) is 2.57. The van der Waals surface area contributed by atoms with Crippen LogP contribution < -0.4 is 5.73 Å². The Morgan fingerprint density at radius 2 is 2.00 bits per heavy atom. The normalized spacial score (nSPS) is 12.8. The van der Waals surface area contributed by atoms with Gasteiger partial charge in [-0.15, -0.1) is 11.3 Å². The molecule has 1 heterocycles. The van der Waals surface area contributed by atoms with Gasteiger partial charge in [-0.05, 0) is 31.2 Å². The van der Waals surface area contributed by atoms with Crippen molar-refractivity contribution in [2.75, 3.05) is 0 Å². The summed E-state index contributed by atoms with van der Waals surface area (Å²) < 4.78 is 15.9. The summed E-state index contributed by atoms with van der Waals surface area (Å²) in [5.41, 5.74) is 7.40. The van der Waals surface area contributed by atoms with Gasteiger partial charge < -0.3 is 5.73 Å². The van der Waals surface area contributed by atoms with Gasteiger partial charge in [-0.25, -0.2) is 9.37 Å². The molecule has 1 aromatic heterocycles. The van der Waals surface area contributed by atoms with E-state index in [1.54, 1.807) is 24.3 Å². The summed E-state index contributed by atoms with van der Waals surface area (Å²) in [7, 11) is 0. The van der Waals surface area contributed by atoms with Crippen LogP contribution in [-0.4, -0.2) is 4.98 Å². The van der Waals surface area contributed by atoms with E-state index < -0.39 is 0 Å². The van der Waals surface area contributed by atoms with Crippen LogP contribution in [0.2, 0.25) is 0 Å². The average molecular weight is 304 g/mol. The molecule has 0 spiro atoms. The molecule has 20 heavy (non-hydrogen) atoms. The molecule has 2 nitrogen and oxygen atoms in total. The number of nitrogens with zero attached hydrogens (tertiary/aromatic N) is 1. The molecule has 0 saturated carbocycles. The summed E-state index contributed by atoms with van der Waals surface area (Å²) in [5.74, 6) is -0.258. The maximum atomic E-state index is 13.9. The van der Waals surface area contributed by atoms with E-state index in [1.165, 1.54) is 17.8 Å². The third-order valence-electron chi connectivity index (χ3n) is 2.94. The molecule has 5 heteroatoms. The first-order valence-corrected chi connectivity index (χ1v) is 7.86. The van der Waals surface area contributed by atoms with Gasteiger partial charge in [-0.3, -0.25) is 0 Å². The Morgan fingerprint density at radius 1 is 1.20 bits per heavy atom. The van der Waals surface area contributed by atoms with Gasteiger partial charge in [0, 0.05) is 16.5 Å². The van der Waals surface area contributed by atoms with Gasteiger partial charge in [0.2, 0.25) is 0 Å². The van der Waals surface area contributed by atoms with Crippen molar-refractivity contribution >= 4 is 33.3 Å². The van der Waals surface area contributed by atoms with Crippen LogP contribution in [0.15, 0.2) is 51.7 Å². The van der Waals surface area contributed by atoms with Crippen LogP contribution >= 0.6 is 23.1 Å². The van der Waals surface area contributed by atoms with E-state index in [-0.39, 0.29) is 11.9 Å². The van der Waals surface area contributed by atoms with E-state index in [4.69, 9.17) is 5.73 Å². The second-order valence-electron chi connectivity index (χ2n) is 4.49. The van der Waals surface area contributed by atoms with E-state index in [9.17, 15) is 4.39 Å². The van der Waals surface area contributed by atoms with Gasteiger partial charge in [0.25, 0.3) is 0 Å². The number of hydrogen-bond donors (Lipinski definition) is 1. The molecular formula is C15H13FN2S2. The Hall–Kier alpha value is -1.43. The van der Waals surface area contributed by atoms with Crippen molar-refractivity contribution in [1.29, 1.82) is 0 Å². The first-order valence-electron chi connectivity index (χ1n) is 6.22. The minimum atomic E-state index is -0.340. The quantitative estimate of drug-likeness (QED) is 0.768. The number of hydrogen-bond acceptors (Lipinski definition) is 4. The van der Waals surface area contributed by atoms with Crippen LogP contribution in [0.25, 0.3) is 10.2 Å². The van der Waals surface area contributed by atoms with E-state index >= 15 is 0 Å².